The van der Waals surface area contributed by atoms with Crippen LogP contribution in [0.4, 0.5) is 0 Å². The lowest BCUT2D eigenvalue weighted by Crippen LogP contribution is -2.62. The average Bonchev–Trinajstić information content (AvgIpc) is 3.31. The molecule has 5 atom stereocenters. The van der Waals surface area contributed by atoms with Crippen molar-refractivity contribution in [1.82, 2.24) is 20.1 Å². The van der Waals surface area contributed by atoms with Crippen LogP contribution in [0.2, 0.25) is 0 Å². The molecular formula is C17H17ClN4O3S2. The molecule has 142 valence electrons. The van der Waals surface area contributed by atoms with Gasteiger partial charge in [0.25, 0.3) is 0 Å². The summed E-state index contributed by atoms with van der Waals surface area (Å²) in [5, 5.41) is 21.3. The molecule has 2 saturated heterocycles. The summed E-state index contributed by atoms with van der Waals surface area (Å²) in [4.78, 5) is 5.25. The first-order valence-electron chi connectivity index (χ1n) is 8.53. The van der Waals surface area contributed by atoms with E-state index >= 15 is 0 Å². The van der Waals surface area contributed by atoms with Crippen LogP contribution in [0.25, 0.3) is 11.3 Å². The normalized spacial score (nSPS) is 32.7. The van der Waals surface area contributed by atoms with Gasteiger partial charge in [0.15, 0.2) is 0 Å². The van der Waals surface area contributed by atoms with Gasteiger partial charge in [-0.25, -0.2) is 4.98 Å². The first-order valence-corrected chi connectivity index (χ1v) is 10.7. The molecule has 2 aromatic heterocycles. The maximum absolute atomic E-state index is 11.0. The number of aromatic nitrogens is 3. The molecule has 2 fully saturated rings. The van der Waals surface area contributed by atoms with Crippen molar-refractivity contribution < 1.29 is 14.6 Å². The highest BCUT2D eigenvalue weighted by Gasteiger charge is 2.52. The number of dihydropyridines is 1. The van der Waals surface area contributed by atoms with Gasteiger partial charge in [0, 0.05) is 33.3 Å². The number of thiazole rings is 1. The number of halogens is 1. The Bertz CT molecular complexity index is 885. The fourth-order valence-electron chi connectivity index (χ4n) is 3.42. The van der Waals surface area contributed by atoms with Gasteiger partial charge in [0.05, 0.1) is 30.6 Å². The zero-order chi connectivity index (χ0) is 18.4. The van der Waals surface area contributed by atoms with Crippen molar-refractivity contribution in [2.75, 3.05) is 13.2 Å². The molecule has 2 N–H and O–H groups in total. The molecule has 5 heterocycles. The van der Waals surface area contributed by atoms with Gasteiger partial charge in [0.2, 0.25) is 0 Å². The van der Waals surface area contributed by atoms with Crippen LogP contribution in [0, 0.1) is 0 Å². The second-order valence-corrected chi connectivity index (χ2v) is 8.92. The first kappa shape index (κ1) is 17.7. The largest absolute Gasteiger partial charge is 0.387 e. The minimum absolute atomic E-state index is 0.0561. The zero-order valence-corrected chi connectivity index (χ0v) is 16.5. The van der Waals surface area contributed by atoms with Crippen molar-refractivity contribution >= 4 is 34.7 Å². The van der Waals surface area contributed by atoms with E-state index in [-0.39, 0.29) is 18.2 Å². The van der Waals surface area contributed by atoms with E-state index in [9.17, 15) is 5.11 Å². The summed E-state index contributed by atoms with van der Waals surface area (Å²) < 4.78 is 13.5. The van der Waals surface area contributed by atoms with Crippen LogP contribution in [-0.2, 0) is 9.47 Å². The SMILES string of the molecule is OC1C(SC2=CNCC(Cl)=C2)OC2COC2C1n1cc(-c2cscn2)cn1. The molecule has 0 bridgehead atoms. The second-order valence-electron chi connectivity index (χ2n) is 6.54. The maximum Gasteiger partial charge on any atom is 0.136 e. The topological polar surface area (TPSA) is 81.4 Å². The fraction of sp³-hybridized carbons (Fsp3) is 0.412. The first-order chi connectivity index (χ1) is 13.2. The minimum Gasteiger partial charge on any atom is -0.387 e. The second kappa shape index (κ2) is 7.23. The Labute approximate surface area is 169 Å². The Morgan fingerprint density at radius 3 is 3.11 bits per heavy atom. The average molecular weight is 425 g/mol. The van der Waals surface area contributed by atoms with Crippen molar-refractivity contribution in [1.29, 1.82) is 0 Å². The van der Waals surface area contributed by atoms with E-state index in [0.717, 1.165) is 21.2 Å². The zero-order valence-electron chi connectivity index (χ0n) is 14.1. The van der Waals surface area contributed by atoms with Crippen LogP contribution in [0.15, 0.2) is 45.5 Å². The fourth-order valence-corrected chi connectivity index (χ4v) is 5.37. The number of thioether (sulfide) groups is 1. The molecule has 27 heavy (non-hydrogen) atoms. The Morgan fingerprint density at radius 1 is 1.44 bits per heavy atom. The lowest BCUT2D eigenvalue weighted by Gasteiger charge is -2.50. The molecule has 0 amide bonds. The third-order valence-electron chi connectivity index (χ3n) is 4.80. The number of ether oxygens (including phenoxy) is 2. The van der Waals surface area contributed by atoms with Gasteiger partial charge in [-0.15, -0.1) is 11.3 Å². The van der Waals surface area contributed by atoms with Gasteiger partial charge >= 0.3 is 0 Å². The van der Waals surface area contributed by atoms with Gasteiger partial charge in [-0.3, -0.25) is 4.68 Å². The molecule has 0 aliphatic carbocycles. The molecule has 5 rings (SSSR count). The van der Waals surface area contributed by atoms with Crippen molar-refractivity contribution in [3.05, 3.63) is 45.5 Å². The molecule has 5 unspecified atom stereocenters. The molecule has 0 saturated carbocycles. The van der Waals surface area contributed by atoms with Gasteiger partial charge in [-0.05, 0) is 6.08 Å². The highest BCUT2D eigenvalue weighted by atomic mass is 35.5. The van der Waals surface area contributed by atoms with Crippen LogP contribution in [0.1, 0.15) is 6.04 Å². The molecule has 7 nitrogen and oxygen atoms in total. The third kappa shape index (κ3) is 3.32. The summed E-state index contributed by atoms with van der Waals surface area (Å²) in [7, 11) is 0. The monoisotopic (exact) mass is 424 g/mol. The van der Waals surface area contributed by atoms with Crippen LogP contribution >= 0.6 is 34.7 Å². The van der Waals surface area contributed by atoms with Crippen molar-refractivity contribution in [2.24, 2.45) is 0 Å². The van der Waals surface area contributed by atoms with Crippen LogP contribution in [-0.4, -0.2) is 56.8 Å². The predicted molar refractivity (Wildman–Crippen MR) is 104 cm³/mol. The Morgan fingerprint density at radius 2 is 2.37 bits per heavy atom. The molecule has 0 spiro atoms. The Balaban J connectivity index is 1.39. The van der Waals surface area contributed by atoms with Crippen molar-refractivity contribution in [3.8, 4) is 11.3 Å². The van der Waals surface area contributed by atoms with Gasteiger partial charge < -0.3 is 19.9 Å². The lowest BCUT2D eigenvalue weighted by atomic mass is 9.93. The van der Waals surface area contributed by atoms with Crippen LogP contribution < -0.4 is 5.32 Å². The van der Waals surface area contributed by atoms with Crippen LogP contribution in [0.3, 0.4) is 0 Å². The van der Waals surface area contributed by atoms with Crippen molar-refractivity contribution in [3.63, 3.8) is 0 Å². The van der Waals surface area contributed by atoms with E-state index in [1.807, 2.05) is 23.9 Å². The number of fused-ring (bicyclic) bond motifs is 1. The third-order valence-corrected chi connectivity index (χ3v) is 6.75. The molecule has 10 heteroatoms. The molecule has 0 aromatic carbocycles. The standard InChI is InChI=1S/C17H17ClN4O3S2/c18-10-1-11(4-19-3-10)27-17-15(23)14(16-13(25-17)6-24-16)22-5-9(2-21-22)12-7-26-8-20-12/h1-2,4-5,7-8,13-17,19,23H,3,6H2. The highest BCUT2D eigenvalue weighted by molar-refractivity contribution is 8.03. The summed E-state index contributed by atoms with van der Waals surface area (Å²) >= 11 is 9.10. The van der Waals surface area contributed by atoms with Gasteiger partial charge in [-0.1, -0.05) is 23.4 Å². The number of aliphatic hydroxyl groups is 1. The summed E-state index contributed by atoms with van der Waals surface area (Å²) in [5.74, 6) is 0. The van der Waals surface area contributed by atoms with E-state index < -0.39 is 11.5 Å². The predicted octanol–water partition coefficient (Wildman–Crippen LogP) is 2.33. The molecule has 2 aromatic rings. The number of hydrogen-bond donors (Lipinski definition) is 2. The van der Waals surface area contributed by atoms with Gasteiger partial charge in [0.1, 0.15) is 29.8 Å². The number of rotatable bonds is 4. The van der Waals surface area contributed by atoms with Crippen molar-refractivity contribution in [2.45, 2.75) is 29.8 Å². The van der Waals surface area contributed by atoms with E-state index in [4.69, 9.17) is 21.1 Å². The summed E-state index contributed by atoms with van der Waals surface area (Å²) in [5.41, 5.74) is 3.16. The Hall–Kier alpha value is -1.36. The maximum atomic E-state index is 11.0. The molecule has 3 aliphatic heterocycles. The van der Waals surface area contributed by atoms with Gasteiger partial charge in [-0.2, -0.15) is 5.10 Å². The quantitative estimate of drug-likeness (QED) is 0.779. The number of aliphatic hydroxyl groups excluding tert-OH is 1. The minimum atomic E-state index is -0.783. The molecular weight excluding hydrogens is 408 g/mol. The summed E-state index contributed by atoms with van der Waals surface area (Å²) in [6.07, 6.45) is 6.41. The summed E-state index contributed by atoms with van der Waals surface area (Å²) in [6.45, 7) is 1.15. The van der Waals surface area contributed by atoms with Crippen LogP contribution in [0.5, 0.6) is 0 Å². The smallest absolute Gasteiger partial charge is 0.136 e. The molecule has 0 radical (unpaired) electrons. The van der Waals surface area contributed by atoms with E-state index in [1.54, 1.807) is 16.4 Å². The summed E-state index contributed by atoms with van der Waals surface area (Å²) in [6, 6.07) is -0.320. The Kier molecular flexibility index (Phi) is 4.75. The molecule has 3 aliphatic rings. The number of hydrogen-bond acceptors (Lipinski definition) is 8. The lowest BCUT2D eigenvalue weighted by molar-refractivity contribution is -0.266. The van der Waals surface area contributed by atoms with E-state index in [2.05, 4.69) is 15.4 Å². The van der Waals surface area contributed by atoms with E-state index in [0.29, 0.717) is 13.2 Å². The highest BCUT2D eigenvalue weighted by Crippen LogP contribution is 2.43. The number of allylic oxidation sites excluding steroid dienone is 1. The van der Waals surface area contributed by atoms with E-state index in [1.165, 1.54) is 23.1 Å². The number of nitrogens with zero attached hydrogens (tertiary/aromatic N) is 3. The number of nitrogens with one attached hydrogen (secondary N) is 1.